The molecule has 0 aliphatic carbocycles. The summed E-state index contributed by atoms with van der Waals surface area (Å²) < 4.78 is 48.0. The number of ether oxygens (including phenoxy) is 2. The predicted octanol–water partition coefficient (Wildman–Crippen LogP) is 7.17. The van der Waals surface area contributed by atoms with E-state index in [4.69, 9.17) is 4.74 Å². The van der Waals surface area contributed by atoms with E-state index in [1.807, 2.05) is 42.5 Å². The maximum Gasteiger partial charge on any atom is 0.573 e. The molecule has 1 aliphatic rings. The van der Waals surface area contributed by atoms with Crippen LogP contribution in [0.15, 0.2) is 78.0 Å². The molecule has 2 amide bonds. The number of amides is 2. The van der Waals surface area contributed by atoms with E-state index in [2.05, 4.69) is 43.9 Å². The third-order valence-electron chi connectivity index (χ3n) is 6.82. The standard InChI is InChI=1S/C31H31F3N6O3S/c1-20(2)26-17-25(42-3)13-14-27(26)39-15-4-16-44-30(39)37-29(41)35-18-21-5-7-22(8-6-21)28-36-19-40(38-28)23-9-11-24(12-10-23)43-31(32,33)34/h5-14,17,19-20H,4,15-16,18H2,1-3H3,(H,35,41). The number of rotatable bonds is 8. The number of alkyl halides is 3. The lowest BCUT2D eigenvalue weighted by Gasteiger charge is -2.32. The number of benzene rings is 3. The molecule has 0 spiro atoms. The molecule has 4 aromatic rings. The second kappa shape index (κ2) is 13.4. The normalized spacial score (nSPS) is 14.6. The van der Waals surface area contributed by atoms with Gasteiger partial charge in [0.2, 0.25) is 0 Å². The van der Waals surface area contributed by atoms with Crippen LogP contribution in [-0.4, -0.2) is 51.7 Å². The van der Waals surface area contributed by atoms with Crippen LogP contribution in [0.4, 0.5) is 23.7 Å². The lowest BCUT2D eigenvalue weighted by atomic mass is 10.00. The topological polar surface area (TPSA) is 93.9 Å². The van der Waals surface area contributed by atoms with Crippen molar-refractivity contribution in [3.63, 3.8) is 0 Å². The molecule has 0 bridgehead atoms. The summed E-state index contributed by atoms with van der Waals surface area (Å²) in [6.07, 6.45) is -2.29. The van der Waals surface area contributed by atoms with Gasteiger partial charge in [0.1, 0.15) is 17.8 Å². The van der Waals surface area contributed by atoms with Crippen molar-refractivity contribution >= 4 is 28.6 Å². The van der Waals surface area contributed by atoms with Crippen molar-refractivity contribution in [2.75, 3.05) is 24.3 Å². The first-order valence-corrected chi connectivity index (χ1v) is 14.9. The van der Waals surface area contributed by atoms with Gasteiger partial charge < -0.3 is 19.7 Å². The summed E-state index contributed by atoms with van der Waals surface area (Å²) in [4.78, 5) is 23.7. The van der Waals surface area contributed by atoms with Gasteiger partial charge in [0.05, 0.1) is 12.8 Å². The van der Waals surface area contributed by atoms with Crippen LogP contribution in [0.25, 0.3) is 17.1 Å². The Hall–Kier alpha value is -4.52. The minimum atomic E-state index is -4.75. The van der Waals surface area contributed by atoms with Crippen LogP contribution in [0.5, 0.6) is 11.5 Å². The Morgan fingerprint density at radius 1 is 1.07 bits per heavy atom. The molecule has 1 aromatic heterocycles. The van der Waals surface area contributed by atoms with E-state index >= 15 is 0 Å². The number of hydrogen-bond acceptors (Lipinski definition) is 6. The van der Waals surface area contributed by atoms with Crippen LogP contribution in [-0.2, 0) is 6.54 Å². The molecule has 2 heterocycles. The minimum absolute atomic E-state index is 0.266. The van der Waals surface area contributed by atoms with Crippen LogP contribution in [0.3, 0.4) is 0 Å². The third kappa shape index (κ3) is 7.70. The highest BCUT2D eigenvalue weighted by Gasteiger charge is 2.31. The van der Waals surface area contributed by atoms with Crippen LogP contribution in [0.1, 0.15) is 37.3 Å². The maximum atomic E-state index is 12.9. The SMILES string of the molecule is COc1ccc(N2CCCSC2=NC(=O)NCc2ccc(-c3ncn(-c4ccc(OC(F)(F)F)cc4)n3)cc2)c(C(C)C)c1. The van der Waals surface area contributed by atoms with Gasteiger partial charge in [-0.05, 0) is 65.9 Å². The first kappa shape index (κ1) is 30.9. The second-order valence-electron chi connectivity index (χ2n) is 10.2. The molecule has 13 heteroatoms. The lowest BCUT2D eigenvalue weighted by Crippen LogP contribution is -2.36. The number of anilines is 1. The molecule has 3 aromatic carbocycles. The summed E-state index contributed by atoms with van der Waals surface area (Å²) in [5.74, 6) is 2.07. The van der Waals surface area contributed by atoms with Gasteiger partial charge in [0.15, 0.2) is 11.0 Å². The Kier molecular flexibility index (Phi) is 9.43. The van der Waals surface area contributed by atoms with Crippen LogP contribution < -0.4 is 19.7 Å². The monoisotopic (exact) mass is 624 g/mol. The first-order chi connectivity index (χ1) is 21.1. The molecular weight excluding hydrogens is 593 g/mol. The van der Waals surface area contributed by atoms with Crippen molar-refractivity contribution in [1.82, 2.24) is 20.1 Å². The van der Waals surface area contributed by atoms with Gasteiger partial charge in [0, 0.05) is 30.1 Å². The van der Waals surface area contributed by atoms with E-state index in [0.29, 0.717) is 16.7 Å². The quantitative estimate of drug-likeness (QED) is 0.222. The van der Waals surface area contributed by atoms with Gasteiger partial charge >= 0.3 is 12.4 Å². The number of nitrogens with zero attached hydrogens (tertiary/aromatic N) is 5. The number of aromatic nitrogens is 3. The van der Waals surface area contributed by atoms with Crippen molar-refractivity contribution in [2.24, 2.45) is 4.99 Å². The Bertz CT molecular complexity index is 1620. The number of amidine groups is 1. The molecule has 0 radical (unpaired) electrons. The van der Waals surface area contributed by atoms with E-state index in [-0.39, 0.29) is 18.2 Å². The van der Waals surface area contributed by atoms with E-state index in [1.54, 1.807) is 18.9 Å². The fraction of sp³-hybridized carbons (Fsp3) is 0.290. The molecule has 0 saturated carbocycles. The van der Waals surface area contributed by atoms with E-state index in [1.165, 1.54) is 35.3 Å². The molecular formula is C31H31F3N6O3S. The van der Waals surface area contributed by atoms with Crippen molar-refractivity contribution in [1.29, 1.82) is 0 Å². The highest BCUT2D eigenvalue weighted by atomic mass is 32.2. The number of halogens is 3. The largest absolute Gasteiger partial charge is 0.573 e. The molecule has 1 aliphatic heterocycles. The van der Waals surface area contributed by atoms with Crippen molar-refractivity contribution in [2.45, 2.75) is 39.1 Å². The lowest BCUT2D eigenvalue weighted by molar-refractivity contribution is -0.274. The zero-order valence-corrected chi connectivity index (χ0v) is 25.2. The maximum absolute atomic E-state index is 12.9. The number of hydrogen-bond donors (Lipinski definition) is 1. The Morgan fingerprint density at radius 2 is 1.80 bits per heavy atom. The molecule has 0 atom stereocenters. The summed E-state index contributed by atoms with van der Waals surface area (Å²) in [6.45, 7) is 5.32. The summed E-state index contributed by atoms with van der Waals surface area (Å²) in [5, 5.41) is 7.97. The Labute approximate surface area is 257 Å². The Balaban J connectivity index is 1.21. The number of methoxy groups -OCH3 is 1. The predicted molar refractivity (Wildman–Crippen MR) is 165 cm³/mol. The molecule has 1 saturated heterocycles. The summed E-state index contributed by atoms with van der Waals surface area (Å²) in [5.41, 5.74) is 4.30. The molecule has 44 heavy (non-hydrogen) atoms. The van der Waals surface area contributed by atoms with Crippen LogP contribution in [0.2, 0.25) is 0 Å². The fourth-order valence-corrected chi connectivity index (χ4v) is 5.59. The van der Waals surface area contributed by atoms with Crippen LogP contribution >= 0.6 is 11.8 Å². The number of carbonyl (C=O) groups excluding carboxylic acids is 1. The van der Waals surface area contributed by atoms with Gasteiger partial charge in [-0.2, -0.15) is 4.99 Å². The summed E-state index contributed by atoms with van der Waals surface area (Å²) in [7, 11) is 1.65. The van der Waals surface area contributed by atoms with Crippen molar-refractivity contribution in [3.8, 4) is 28.6 Å². The zero-order valence-electron chi connectivity index (χ0n) is 24.3. The highest BCUT2D eigenvalue weighted by molar-refractivity contribution is 8.14. The number of thioether (sulfide) groups is 1. The zero-order chi connectivity index (χ0) is 31.3. The molecule has 1 N–H and O–H groups in total. The summed E-state index contributed by atoms with van der Waals surface area (Å²) in [6, 6.07) is 18.3. The third-order valence-corrected chi connectivity index (χ3v) is 7.88. The number of urea groups is 1. The molecule has 0 unspecified atom stereocenters. The van der Waals surface area contributed by atoms with Gasteiger partial charge in [0.25, 0.3) is 0 Å². The number of aliphatic imine (C=N–C) groups is 1. The molecule has 9 nitrogen and oxygen atoms in total. The fourth-order valence-electron chi connectivity index (χ4n) is 4.64. The number of nitrogens with one attached hydrogen (secondary N) is 1. The van der Waals surface area contributed by atoms with E-state index < -0.39 is 12.4 Å². The molecule has 230 valence electrons. The Morgan fingerprint density at radius 3 is 2.48 bits per heavy atom. The molecule has 5 rings (SSSR count). The van der Waals surface area contributed by atoms with E-state index in [0.717, 1.165) is 46.8 Å². The summed E-state index contributed by atoms with van der Waals surface area (Å²) >= 11 is 1.57. The number of carbonyl (C=O) groups is 1. The van der Waals surface area contributed by atoms with Gasteiger partial charge in [-0.3, -0.25) is 0 Å². The first-order valence-electron chi connectivity index (χ1n) is 13.9. The van der Waals surface area contributed by atoms with Gasteiger partial charge in [-0.25, -0.2) is 14.5 Å². The second-order valence-corrected chi connectivity index (χ2v) is 11.3. The van der Waals surface area contributed by atoms with Gasteiger partial charge in [-0.15, -0.1) is 18.3 Å². The molecule has 1 fully saturated rings. The highest BCUT2D eigenvalue weighted by Crippen LogP contribution is 2.34. The van der Waals surface area contributed by atoms with Crippen molar-refractivity contribution < 1.29 is 27.4 Å². The minimum Gasteiger partial charge on any atom is -0.497 e. The average molecular weight is 625 g/mol. The van der Waals surface area contributed by atoms with Crippen LogP contribution in [0, 0.1) is 0 Å². The van der Waals surface area contributed by atoms with Gasteiger partial charge in [-0.1, -0.05) is 49.9 Å². The average Bonchev–Trinajstić information content (AvgIpc) is 3.50. The van der Waals surface area contributed by atoms with Crippen molar-refractivity contribution in [3.05, 3.63) is 84.2 Å². The van der Waals surface area contributed by atoms with E-state index in [9.17, 15) is 18.0 Å². The smallest absolute Gasteiger partial charge is 0.497 e.